The Balaban J connectivity index is 1.61. The van der Waals surface area contributed by atoms with E-state index in [2.05, 4.69) is 6.92 Å². The normalized spacial score (nSPS) is 21.3. The smallest absolute Gasteiger partial charge is 0.311 e. The Kier molecular flexibility index (Phi) is 5.85. The van der Waals surface area contributed by atoms with Crippen molar-refractivity contribution in [2.45, 2.75) is 58.8 Å². The Labute approximate surface area is 159 Å². The molecule has 1 aromatic carbocycles. The Morgan fingerprint density at radius 1 is 1.26 bits per heavy atom. The Bertz CT molecular complexity index is 817. The minimum absolute atomic E-state index is 0.0223. The zero-order chi connectivity index (χ0) is 19.6. The van der Waals surface area contributed by atoms with Gasteiger partial charge in [0.25, 0.3) is 5.91 Å². The summed E-state index contributed by atoms with van der Waals surface area (Å²) >= 11 is 0. The van der Waals surface area contributed by atoms with Crippen LogP contribution in [0.15, 0.2) is 28.9 Å². The number of amides is 1. The van der Waals surface area contributed by atoms with E-state index in [0.717, 1.165) is 23.0 Å². The number of esters is 1. The number of ether oxygens (including phenoxy) is 2. The third-order valence-corrected chi connectivity index (χ3v) is 4.85. The fraction of sp³-hybridized carbons (Fsp3) is 0.524. The Morgan fingerprint density at radius 3 is 2.63 bits per heavy atom. The summed E-state index contributed by atoms with van der Waals surface area (Å²) in [6, 6.07) is 5.97. The van der Waals surface area contributed by atoms with Gasteiger partial charge >= 0.3 is 5.97 Å². The molecule has 1 amide bonds. The van der Waals surface area contributed by atoms with Crippen molar-refractivity contribution in [2.24, 2.45) is 0 Å². The van der Waals surface area contributed by atoms with E-state index in [1.807, 2.05) is 32.0 Å². The summed E-state index contributed by atoms with van der Waals surface area (Å²) < 4.78 is 16.6. The lowest BCUT2D eigenvalue weighted by molar-refractivity contribution is -0.164. The first kappa shape index (κ1) is 19.4. The molecule has 2 aromatic rings. The van der Waals surface area contributed by atoms with Gasteiger partial charge in [0.2, 0.25) is 0 Å². The minimum atomic E-state index is -0.820. The number of carbonyl (C=O) groups is 2. The molecule has 0 radical (unpaired) electrons. The second-order valence-corrected chi connectivity index (χ2v) is 7.25. The van der Waals surface area contributed by atoms with Gasteiger partial charge in [0.05, 0.1) is 24.9 Å². The number of fused-ring (bicyclic) bond motifs is 1. The van der Waals surface area contributed by atoms with Gasteiger partial charge in [0, 0.05) is 24.0 Å². The van der Waals surface area contributed by atoms with Gasteiger partial charge in [-0.1, -0.05) is 19.1 Å². The van der Waals surface area contributed by atoms with E-state index in [-0.39, 0.29) is 24.5 Å². The highest BCUT2D eigenvalue weighted by Gasteiger charge is 2.30. The molecular weight excluding hydrogens is 346 g/mol. The molecule has 6 nitrogen and oxygen atoms in total. The highest BCUT2D eigenvalue weighted by molar-refractivity contribution is 5.88. The monoisotopic (exact) mass is 373 g/mol. The molecule has 1 aliphatic heterocycles. The maximum atomic E-state index is 12.6. The van der Waals surface area contributed by atoms with E-state index in [4.69, 9.17) is 13.9 Å². The van der Waals surface area contributed by atoms with E-state index in [1.54, 1.807) is 18.1 Å². The average molecular weight is 373 g/mol. The van der Waals surface area contributed by atoms with Crippen LogP contribution in [-0.2, 0) is 31.9 Å². The molecule has 3 atom stereocenters. The predicted octanol–water partition coefficient (Wildman–Crippen LogP) is 3.11. The fourth-order valence-corrected chi connectivity index (χ4v) is 3.54. The lowest BCUT2D eigenvalue weighted by Gasteiger charge is -2.36. The van der Waals surface area contributed by atoms with Crippen LogP contribution in [0.5, 0.6) is 0 Å². The highest BCUT2D eigenvalue weighted by atomic mass is 16.5. The quantitative estimate of drug-likeness (QED) is 0.753. The molecule has 146 valence electrons. The number of carbonyl (C=O) groups excluding carboxylic acids is 2. The first-order valence-electron chi connectivity index (χ1n) is 9.50. The molecule has 6 heteroatoms. The first-order valence-corrected chi connectivity index (χ1v) is 9.50. The first-order chi connectivity index (χ1) is 12.9. The lowest BCUT2D eigenvalue weighted by Crippen LogP contribution is -2.51. The van der Waals surface area contributed by atoms with Gasteiger partial charge in [-0.15, -0.1) is 0 Å². The molecule has 0 unspecified atom stereocenters. The number of rotatable bonds is 5. The zero-order valence-corrected chi connectivity index (χ0v) is 16.4. The highest BCUT2D eigenvalue weighted by Crippen LogP contribution is 2.23. The maximum Gasteiger partial charge on any atom is 0.311 e. The molecule has 0 saturated carbocycles. The van der Waals surface area contributed by atoms with Gasteiger partial charge in [0.15, 0.2) is 6.10 Å². The van der Waals surface area contributed by atoms with E-state index < -0.39 is 12.1 Å². The second-order valence-electron chi connectivity index (χ2n) is 7.25. The lowest BCUT2D eigenvalue weighted by atomic mass is 10.1. The topological polar surface area (TPSA) is 69.0 Å². The minimum Gasteiger partial charge on any atom is -0.464 e. The van der Waals surface area contributed by atoms with Crippen LogP contribution >= 0.6 is 0 Å². The molecule has 3 rings (SSSR count). The van der Waals surface area contributed by atoms with Crippen LogP contribution in [0.2, 0.25) is 0 Å². The van der Waals surface area contributed by atoms with Crippen molar-refractivity contribution >= 4 is 22.8 Å². The summed E-state index contributed by atoms with van der Waals surface area (Å²) in [6.45, 7) is 8.58. The number of furan rings is 1. The molecule has 1 aliphatic rings. The molecule has 1 fully saturated rings. The van der Waals surface area contributed by atoms with Crippen LogP contribution < -0.4 is 0 Å². The third-order valence-electron chi connectivity index (χ3n) is 4.85. The SMILES string of the molecule is CCc1ccc2c(CC(=O)O[C@@H](C)C(=O)N3C[C@@H](C)O[C@@H](C)C3)coc2c1. The summed E-state index contributed by atoms with van der Waals surface area (Å²) in [5.74, 6) is -0.623. The van der Waals surface area contributed by atoms with Crippen LogP contribution in [0.3, 0.4) is 0 Å². The van der Waals surface area contributed by atoms with Gasteiger partial charge in [0.1, 0.15) is 5.58 Å². The predicted molar refractivity (Wildman–Crippen MR) is 101 cm³/mol. The largest absolute Gasteiger partial charge is 0.464 e. The Morgan fingerprint density at radius 2 is 1.96 bits per heavy atom. The summed E-state index contributed by atoms with van der Waals surface area (Å²) in [6.07, 6.45) is 1.72. The van der Waals surface area contributed by atoms with Crippen LogP contribution in [0.4, 0.5) is 0 Å². The van der Waals surface area contributed by atoms with Crippen LogP contribution in [-0.4, -0.2) is 48.2 Å². The van der Waals surface area contributed by atoms with Crippen LogP contribution in [0, 0.1) is 0 Å². The molecule has 0 spiro atoms. The van der Waals surface area contributed by atoms with Crippen molar-refractivity contribution in [3.8, 4) is 0 Å². The van der Waals surface area contributed by atoms with Crippen LogP contribution in [0.1, 0.15) is 38.8 Å². The van der Waals surface area contributed by atoms with Gasteiger partial charge in [-0.2, -0.15) is 0 Å². The Hall–Kier alpha value is -2.34. The summed E-state index contributed by atoms with van der Waals surface area (Å²) in [4.78, 5) is 26.6. The van der Waals surface area contributed by atoms with Gasteiger partial charge in [-0.3, -0.25) is 9.59 Å². The number of hydrogen-bond donors (Lipinski definition) is 0. The van der Waals surface area contributed by atoms with Crippen molar-refractivity contribution < 1.29 is 23.5 Å². The summed E-state index contributed by atoms with van der Waals surface area (Å²) in [5, 5.41) is 0.902. The van der Waals surface area contributed by atoms with Gasteiger partial charge < -0.3 is 18.8 Å². The van der Waals surface area contributed by atoms with Crippen molar-refractivity contribution in [3.63, 3.8) is 0 Å². The molecule has 0 aliphatic carbocycles. The molecule has 1 aromatic heterocycles. The molecular formula is C21H27NO5. The van der Waals surface area contributed by atoms with Gasteiger partial charge in [-0.25, -0.2) is 0 Å². The molecule has 0 bridgehead atoms. The van der Waals surface area contributed by atoms with E-state index in [9.17, 15) is 9.59 Å². The number of morpholine rings is 1. The van der Waals surface area contributed by atoms with Crippen molar-refractivity contribution in [2.75, 3.05) is 13.1 Å². The average Bonchev–Trinajstić information content (AvgIpc) is 3.01. The van der Waals surface area contributed by atoms with Crippen molar-refractivity contribution in [1.82, 2.24) is 4.90 Å². The summed E-state index contributed by atoms with van der Waals surface area (Å²) in [7, 11) is 0. The van der Waals surface area contributed by atoms with E-state index in [0.29, 0.717) is 13.1 Å². The maximum absolute atomic E-state index is 12.6. The second kappa shape index (κ2) is 8.13. The zero-order valence-electron chi connectivity index (χ0n) is 16.4. The number of nitrogens with zero attached hydrogens (tertiary/aromatic N) is 1. The standard InChI is InChI=1S/C21H27NO5/c1-5-16-6-7-18-17(12-25-19(18)8-16)9-20(23)27-15(4)21(24)22-10-13(2)26-14(3)11-22/h6-8,12-15H,5,9-11H2,1-4H3/t13-,14+,15-/m0/s1. The van der Waals surface area contributed by atoms with E-state index in [1.165, 1.54) is 5.56 Å². The van der Waals surface area contributed by atoms with Crippen LogP contribution in [0.25, 0.3) is 11.0 Å². The molecule has 27 heavy (non-hydrogen) atoms. The molecule has 2 heterocycles. The van der Waals surface area contributed by atoms with Crippen molar-refractivity contribution in [3.05, 3.63) is 35.6 Å². The number of benzene rings is 1. The van der Waals surface area contributed by atoms with Gasteiger partial charge in [-0.05, 0) is 38.8 Å². The summed E-state index contributed by atoms with van der Waals surface area (Å²) in [5.41, 5.74) is 2.71. The molecule has 1 saturated heterocycles. The number of aryl methyl sites for hydroxylation is 1. The fourth-order valence-electron chi connectivity index (χ4n) is 3.54. The third kappa shape index (κ3) is 4.50. The molecule has 0 N–H and O–H groups in total. The van der Waals surface area contributed by atoms with Crippen molar-refractivity contribution in [1.29, 1.82) is 0 Å². The van der Waals surface area contributed by atoms with E-state index >= 15 is 0 Å². The number of hydrogen-bond acceptors (Lipinski definition) is 5.